The molecule has 0 unspecified atom stereocenters. The van der Waals surface area contributed by atoms with Crippen molar-refractivity contribution in [3.8, 4) is 0 Å². The minimum atomic E-state index is -0.634. The molecule has 2 aromatic carbocycles. The van der Waals surface area contributed by atoms with E-state index in [1.54, 1.807) is 30.3 Å². The molecule has 2 amide bonds. The lowest BCUT2D eigenvalue weighted by Crippen LogP contribution is -2.28. The van der Waals surface area contributed by atoms with Crippen molar-refractivity contribution in [1.29, 1.82) is 0 Å². The lowest BCUT2D eigenvalue weighted by molar-refractivity contribution is -0.124. The first kappa shape index (κ1) is 17.6. The summed E-state index contributed by atoms with van der Waals surface area (Å²) in [6.07, 6.45) is 0.912. The molecule has 26 heavy (non-hydrogen) atoms. The number of carbonyl (C=O) groups excluding carboxylic acids is 3. The van der Waals surface area contributed by atoms with E-state index >= 15 is 0 Å². The van der Waals surface area contributed by atoms with Crippen molar-refractivity contribution >= 4 is 23.5 Å². The van der Waals surface area contributed by atoms with E-state index in [-0.39, 0.29) is 12.5 Å². The molecule has 1 heterocycles. The fourth-order valence-electron chi connectivity index (χ4n) is 2.61. The van der Waals surface area contributed by atoms with E-state index in [1.165, 1.54) is 12.1 Å². The molecule has 0 saturated heterocycles. The van der Waals surface area contributed by atoms with Gasteiger partial charge >= 0.3 is 5.97 Å². The molecular formula is C19H17FN2O4. The third-order valence-electron chi connectivity index (χ3n) is 4.00. The van der Waals surface area contributed by atoms with Crippen molar-refractivity contribution in [3.05, 3.63) is 65.0 Å². The number of hydrogen-bond donors (Lipinski definition) is 2. The van der Waals surface area contributed by atoms with E-state index in [4.69, 9.17) is 4.74 Å². The standard InChI is InChI=1S/C19H17FN2O4/c20-15-4-2-1-3-14(15)10-21-18(24)11-26-19(25)13-5-7-16-12(9-13)6-8-17(23)22-16/h1-5,7,9H,6,8,10-11H2,(H,21,24)(H,22,23). The van der Waals surface area contributed by atoms with E-state index in [1.807, 2.05) is 0 Å². The van der Waals surface area contributed by atoms with Crippen LogP contribution in [0.2, 0.25) is 0 Å². The first-order chi connectivity index (χ1) is 12.5. The SMILES string of the molecule is O=C(COC(=O)c1ccc2c(c1)CCC(=O)N2)NCc1ccccc1F. The van der Waals surface area contributed by atoms with Crippen LogP contribution in [0.25, 0.3) is 0 Å². The summed E-state index contributed by atoms with van der Waals surface area (Å²) in [4.78, 5) is 35.2. The molecule has 0 aliphatic carbocycles. The second kappa shape index (κ2) is 7.77. The molecule has 2 N–H and O–H groups in total. The number of amides is 2. The van der Waals surface area contributed by atoms with Crippen LogP contribution in [0, 0.1) is 5.82 Å². The number of halogens is 1. The Kier molecular flexibility index (Phi) is 5.26. The number of rotatable bonds is 5. The highest BCUT2D eigenvalue weighted by Gasteiger charge is 2.17. The average Bonchev–Trinajstić information content (AvgIpc) is 2.65. The third-order valence-corrected chi connectivity index (χ3v) is 4.00. The minimum absolute atomic E-state index is 0.0155. The molecule has 0 saturated carbocycles. The number of benzene rings is 2. The van der Waals surface area contributed by atoms with Crippen LogP contribution in [0.4, 0.5) is 10.1 Å². The predicted octanol–water partition coefficient (Wildman–Crippen LogP) is 2.18. The number of ether oxygens (including phenoxy) is 1. The van der Waals surface area contributed by atoms with Gasteiger partial charge in [-0.1, -0.05) is 18.2 Å². The monoisotopic (exact) mass is 356 g/mol. The van der Waals surface area contributed by atoms with Crippen LogP contribution in [-0.4, -0.2) is 24.4 Å². The van der Waals surface area contributed by atoms with Crippen LogP contribution in [0.1, 0.15) is 27.9 Å². The maximum Gasteiger partial charge on any atom is 0.338 e. The average molecular weight is 356 g/mol. The molecule has 0 radical (unpaired) electrons. The van der Waals surface area contributed by atoms with Crippen LogP contribution >= 0.6 is 0 Å². The molecule has 0 fully saturated rings. The fraction of sp³-hybridized carbons (Fsp3) is 0.211. The normalized spacial score (nSPS) is 12.7. The minimum Gasteiger partial charge on any atom is -0.452 e. The van der Waals surface area contributed by atoms with Crippen LogP contribution in [0.3, 0.4) is 0 Å². The van der Waals surface area contributed by atoms with Gasteiger partial charge in [-0.2, -0.15) is 0 Å². The summed E-state index contributed by atoms with van der Waals surface area (Å²) in [5.74, 6) is -1.62. The predicted molar refractivity (Wildman–Crippen MR) is 91.9 cm³/mol. The van der Waals surface area contributed by atoms with Gasteiger partial charge in [-0.3, -0.25) is 9.59 Å². The summed E-state index contributed by atoms with van der Waals surface area (Å²) in [6, 6.07) is 10.9. The summed E-state index contributed by atoms with van der Waals surface area (Å²) >= 11 is 0. The molecule has 1 aliphatic heterocycles. The van der Waals surface area contributed by atoms with Crippen molar-refractivity contribution in [2.24, 2.45) is 0 Å². The van der Waals surface area contributed by atoms with Crippen molar-refractivity contribution in [1.82, 2.24) is 5.32 Å². The third kappa shape index (κ3) is 4.24. The van der Waals surface area contributed by atoms with Gasteiger partial charge in [0.25, 0.3) is 5.91 Å². The maximum atomic E-state index is 13.5. The number of carbonyl (C=O) groups is 3. The largest absolute Gasteiger partial charge is 0.452 e. The topological polar surface area (TPSA) is 84.5 Å². The van der Waals surface area contributed by atoms with Crippen LogP contribution in [-0.2, 0) is 27.3 Å². The van der Waals surface area contributed by atoms with Crippen molar-refractivity contribution < 1.29 is 23.5 Å². The van der Waals surface area contributed by atoms with Gasteiger partial charge in [0.15, 0.2) is 6.61 Å². The lowest BCUT2D eigenvalue weighted by Gasteiger charge is -2.17. The zero-order valence-electron chi connectivity index (χ0n) is 13.9. The van der Waals surface area contributed by atoms with E-state index in [9.17, 15) is 18.8 Å². The van der Waals surface area contributed by atoms with Gasteiger partial charge in [-0.25, -0.2) is 9.18 Å². The van der Waals surface area contributed by atoms with Crippen LogP contribution < -0.4 is 10.6 Å². The number of fused-ring (bicyclic) bond motifs is 1. The van der Waals surface area contributed by atoms with E-state index in [0.29, 0.717) is 29.7 Å². The zero-order valence-corrected chi connectivity index (χ0v) is 13.9. The Balaban J connectivity index is 1.51. The molecule has 0 atom stereocenters. The molecule has 1 aliphatic rings. The van der Waals surface area contributed by atoms with Gasteiger partial charge < -0.3 is 15.4 Å². The van der Waals surface area contributed by atoms with Crippen molar-refractivity contribution in [2.75, 3.05) is 11.9 Å². The van der Waals surface area contributed by atoms with Crippen LogP contribution in [0.5, 0.6) is 0 Å². The Hall–Kier alpha value is -3.22. The first-order valence-electron chi connectivity index (χ1n) is 8.13. The molecule has 0 spiro atoms. The Morgan fingerprint density at radius 3 is 2.77 bits per heavy atom. The molecule has 3 rings (SSSR count). The second-order valence-electron chi connectivity index (χ2n) is 5.86. The Bertz CT molecular complexity index is 866. The summed E-state index contributed by atoms with van der Waals surface area (Å²) in [5.41, 5.74) is 2.19. The summed E-state index contributed by atoms with van der Waals surface area (Å²) in [5, 5.41) is 5.23. The highest BCUT2D eigenvalue weighted by Crippen LogP contribution is 2.23. The zero-order chi connectivity index (χ0) is 18.5. The van der Waals surface area contributed by atoms with E-state index in [2.05, 4.69) is 10.6 Å². The second-order valence-corrected chi connectivity index (χ2v) is 5.86. The summed E-state index contributed by atoms with van der Waals surface area (Å²) < 4.78 is 18.5. The van der Waals surface area contributed by atoms with Gasteiger partial charge in [0.05, 0.1) is 5.56 Å². The molecule has 6 nitrogen and oxygen atoms in total. The number of aryl methyl sites for hydroxylation is 1. The van der Waals surface area contributed by atoms with Gasteiger partial charge in [-0.05, 0) is 36.2 Å². The highest BCUT2D eigenvalue weighted by atomic mass is 19.1. The van der Waals surface area contributed by atoms with E-state index in [0.717, 1.165) is 5.56 Å². The molecular weight excluding hydrogens is 339 g/mol. The number of esters is 1. The number of nitrogens with one attached hydrogen (secondary N) is 2. The number of hydrogen-bond acceptors (Lipinski definition) is 4. The Morgan fingerprint density at radius 2 is 1.96 bits per heavy atom. The van der Waals surface area contributed by atoms with Gasteiger partial charge in [-0.15, -0.1) is 0 Å². The van der Waals surface area contributed by atoms with Crippen LogP contribution in [0.15, 0.2) is 42.5 Å². The van der Waals surface area contributed by atoms with E-state index < -0.39 is 24.3 Å². The summed E-state index contributed by atoms with van der Waals surface area (Å²) in [6.45, 7) is -0.442. The lowest BCUT2D eigenvalue weighted by atomic mass is 10.0. The van der Waals surface area contributed by atoms with Gasteiger partial charge in [0.1, 0.15) is 5.82 Å². The molecule has 134 valence electrons. The van der Waals surface area contributed by atoms with Gasteiger partial charge in [0.2, 0.25) is 5.91 Å². The smallest absolute Gasteiger partial charge is 0.338 e. The summed E-state index contributed by atoms with van der Waals surface area (Å²) in [7, 11) is 0. The van der Waals surface area contributed by atoms with Crippen molar-refractivity contribution in [3.63, 3.8) is 0 Å². The quantitative estimate of drug-likeness (QED) is 0.805. The fourth-order valence-corrected chi connectivity index (χ4v) is 2.61. The highest BCUT2D eigenvalue weighted by molar-refractivity contribution is 5.96. The molecule has 0 aromatic heterocycles. The Labute approximate surface area is 149 Å². The van der Waals surface area contributed by atoms with Crippen molar-refractivity contribution in [2.45, 2.75) is 19.4 Å². The molecule has 7 heteroatoms. The first-order valence-corrected chi connectivity index (χ1v) is 8.13. The molecule has 0 bridgehead atoms. The molecule has 2 aromatic rings. The Morgan fingerprint density at radius 1 is 1.15 bits per heavy atom. The maximum absolute atomic E-state index is 13.5. The van der Waals surface area contributed by atoms with Gasteiger partial charge in [0, 0.05) is 24.2 Å². The number of anilines is 1.